The highest BCUT2D eigenvalue weighted by atomic mass is 19.1. The number of aromatic amines is 1. The van der Waals surface area contributed by atoms with Crippen molar-refractivity contribution in [3.05, 3.63) is 58.0 Å². The van der Waals surface area contributed by atoms with E-state index < -0.39 is 0 Å². The first-order valence-corrected chi connectivity index (χ1v) is 9.90. The van der Waals surface area contributed by atoms with E-state index in [-0.39, 0.29) is 11.4 Å². The topological polar surface area (TPSA) is 52.2 Å². The van der Waals surface area contributed by atoms with Crippen LogP contribution in [-0.4, -0.2) is 47.1 Å². The number of H-pyrrole nitrogens is 1. The van der Waals surface area contributed by atoms with Crippen molar-refractivity contribution in [3.8, 4) is 0 Å². The van der Waals surface area contributed by atoms with Crippen LogP contribution in [0.4, 0.5) is 10.1 Å². The number of halogens is 1. The third-order valence-electron chi connectivity index (χ3n) is 6.05. The van der Waals surface area contributed by atoms with Gasteiger partial charge in [-0.05, 0) is 62.9 Å². The first-order valence-electron chi connectivity index (χ1n) is 9.90. The monoisotopic (exact) mass is 370 g/mol. The molecule has 4 rings (SSSR count). The molecule has 2 aromatic rings. The quantitative estimate of drug-likeness (QED) is 0.902. The van der Waals surface area contributed by atoms with Gasteiger partial charge < -0.3 is 9.88 Å². The van der Waals surface area contributed by atoms with Gasteiger partial charge in [-0.2, -0.15) is 0 Å². The van der Waals surface area contributed by atoms with E-state index in [0.29, 0.717) is 12.0 Å². The van der Waals surface area contributed by atoms with Crippen LogP contribution in [0.25, 0.3) is 0 Å². The molecule has 0 saturated carbocycles. The fraction of sp³-hybridized carbons (Fsp3) is 0.524. The smallest absolute Gasteiger partial charge is 0.250 e. The van der Waals surface area contributed by atoms with E-state index in [1.54, 1.807) is 18.2 Å². The molecule has 1 atom stereocenters. The molecular weight excluding hydrogens is 343 g/mol. The summed E-state index contributed by atoms with van der Waals surface area (Å²) in [6, 6.07) is 7.30. The Bertz CT molecular complexity index is 844. The van der Waals surface area contributed by atoms with Crippen molar-refractivity contribution in [2.75, 3.05) is 31.1 Å². The SMILES string of the molecule is Cc1cc(F)ccc1N1CCC(N2CCCC(c3cc(=O)[nH]cn3)C2)CC1. The predicted molar refractivity (Wildman–Crippen MR) is 105 cm³/mol. The summed E-state index contributed by atoms with van der Waals surface area (Å²) in [5.41, 5.74) is 3.01. The fourth-order valence-electron chi connectivity index (χ4n) is 4.63. The van der Waals surface area contributed by atoms with Crippen molar-refractivity contribution < 1.29 is 4.39 Å². The van der Waals surface area contributed by atoms with E-state index in [4.69, 9.17) is 0 Å². The maximum atomic E-state index is 13.4. The Hall–Kier alpha value is -2.21. The molecule has 1 aromatic carbocycles. The molecule has 0 amide bonds. The Morgan fingerprint density at radius 1 is 1.15 bits per heavy atom. The third kappa shape index (κ3) is 4.05. The van der Waals surface area contributed by atoms with Crippen molar-refractivity contribution in [1.29, 1.82) is 0 Å². The lowest BCUT2D eigenvalue weighted by molar-refractivity contribution is 0.127. The van der Waals surface area contributed by atoms with Gasteiger partial charge in [-0.15, -0.1) is 0 Å². The van der Waals surface area contributed by atoms with Crippen LogP contribution in [0.3, 0.4) is 0 Å². The molecule has 27 heavy (non-hydrogen) atoms. The van der Waals surface area contributed by atoms with Crippen LogP contribution in [0, 0.1) is 12.7 Å². The summed E-state index contributed by atoms with van der Waals surface area (Å²) in [5.74, 6) is 0.178. The van der Waals surface area contributed by atoms with Gasteiger partial charge in [0.2, 0.25) is 0 Å². The first-order chi connectivity index (χ1) is 13.1. The minimum absolute atomic E-state index is 0.0694. The third-order valence-corrected chi connectivity index (χ3v) is 6.05. The molecule has 2 fully saturated rings. The highest BCUT2D eigenvalue weighted by Gasteiger charge is 2.30. The van der Waals surface area contributed by atoms with E-state index >= 15 is 0 Å². The Morgan fingerprint density at radius 3 is 2.70 bits per heavy atom. The van der Waals surface area contributed by atoms with Gasteiger partial charge in [-0.25, -0.2) is 9.37 Å². The zero-order valence-electron chi connectivity index (χ0n) is 15.8. The number of rotatable bonds is 3. The number of benzene rings is 1. The van der Waals surface area contributed by atoms with Gasteiger partial charge in [-0.1, -0.05) is 0 Å². The van der Waals surface area contributed by atoms with Gasteiger partial charge in [0.15, 0.2) is 0 Å². The van der Waals surface area contributed by atoms with Crippen molar-refractivity contribution in [3.63, 3.8) is 0 Å². The van der Waals surface area contributed by atoms with Crippen LogP contribution < -0.4 is 10.5 Å². The molecule has 2 aliphatic heterocycles. The molecule has 1 N–H and O–H groups in total. The maximum Gasteiger partial charge on any atom is 0.250 e. The molecule has 0 aliphatic carbocycles. The highest BCUT2D eigenvalue weighted by Crippen LogP contribution is 2.30. The number of hydrogen-bond acceptors (Lipinski definition) is 4. The zero-order chi connectivity index (χ0) is 18.8. The minimum Gasteiger partial charge on any atom is -0.371 e. The van der Waals surface area contributed by atoms with Crippen LogP contribution in [0.5, 0.6) is 0 Å². The molecule has 0 bridgehead atoms. The van der Waals surface area contributed by atoms with E-state index in [1.165, 1.54) is 6.33 Å². The van der Waals surface area contributed by atoms with Gasteiger partial charge in [0.05, 0.1) is 12.0 Å². The van der Waals surface area contributed by atoms with Gasteiger partial charge in [0.1, 0.15) is 5.82 Å². The summed E-state index contributed by atoms with van der Waals surface area (Å²) in [6.45, 7) is 6.09. The molecule has 2 saturated heterocycles. The van der Waals surface area contributed by atoms with Crippen molar-refractivity contribution in [2.45, 2.75) is 44.6 Å². The number of anilines is 1. The molecule has 1 unspecified atom stereocenters. The molecule has 3 heterocycles. The van der Waals surface area contributed by atoms with Gasteiger partial charge in [0.25, 0.3) is 5.56 Å². The largest absolute Gasteiger partial charge is 0.371 e. The number of nitrogens with one attached hydrogen (secondary N) is 1. The minimum atomic E-state index is -0.168. The number of nitrogens with zero attached hydrogens (tertiary/aromatic N) is 3. The number of aromatic nitrogens is 2. The van der Waals surface area contributed by atoms with Crippen LogP contribution in [0.2, 0.25) is 0 Å². The second-order valence-corrected chi connectivity index (χ2v) is 7.82. The summed E-state index contributed by atoms with van der Waals surface area (Å²) in [7, 11) is 0. The number of hydrogen-bond donors (Lipinski definition) is 1. The molecule has 0 radical (unpaired) electrons. The summed E-state index contributed by atoms with van der Waals surface area (Å²) in [5, 5.41) is 0. The first kappa shape index (κ1) is 18.2. The molecular formula is C21H27FN4O. The average Bonchev–Trinajstić information content (AvgIpc) is 2.68. The zero-order valence-corrected chi connectivity index (χ0v) is 15.8. The summed E-state index contributed by atoms with van der Waals surface area (Å²) in [4.78, 5) is 23.6. The van der Waals surface area contributed by atoms with Crippen LogP contribution >= 0.6 is 0 Å². The van der Waals surface area contributed by atoms with E-state index in [9.17, 15) is 9.18 Å². The molecule has 6 heteroatoms. The number of piperidine rings is 2. The van der Waals surface area contributed by atoms with Gasteiger partial charge in [0, 0.05) is 43.3 Å². The summed E-state index contributed by atoms with van der Waals surface area (Å²) < 4.78 is 13.4. The molecule has 144 valence electrons. The molecule has 5 nitrogen and oxygen atoms in total. The lowest BCUT2D eigenvalue weighted by Crippen LogP contribution is -2.48. The van der Waals surface area contributed by atoms with Crippen molar-refractivity contribution in [2.24, 2.45) is 0 Å². The Morgan fingerprint density at radius 2 is 1.96 bits per heavy atom. The van der Waals surface area contributed by atoms with Gasteiger partial charge >= 0.3 is 0 Å². The number of likely N-dealkylation sites (tertiary alicyclic amines) is 1. The normalized spacial score (nSPS) is 22.1. The van der Waals surface area contributed by atoms with E-state index in [2.05, 4.69) is 19.8 Å². The van der Waals surface area contributed by atoms with Crippen LogP contribution in [-0.2, 0) is 0 Å². The lowest BCUT2D eigenvalue weighted by Gasteiger charge is -2.43. The Labute approximate surface area is 159 Å². The summed E-state index contributed by atoms with van der Waals surface area (Å²) >= 11 is 0. The van der Waals surface area contributed by atoms with E-state index in [1.807, 2.05) is 13.0 Å². The summed E-state index contributed by atoms with van der Waals surface area (Å²) in [6.07, 6.45) is 6.00. The van der Waals surface area contributed by atoms with Crippen molar-refractivity contribution in [1.82, 2.24) is 14.9 Å². The Balaban J connectivity index is 1.38. The second-order valence-electron chi connectivity index (χ2n) is 7.82. The van der Waals surface area contributed by atoms with Crippen molar-refractivity contribution >= 4 is 5.69 Å². The molecule has 0 spiro atoms. The average molecular weight is 370 g/mol. The lowest BCUT2D eigenvalue weighted by atomic mass is 9.91. The highest BCUT2D eigenvalue weighted by molar-refractivity contribution is 5.53. The number of aryl methyl sites for hydroxylation is 1. The maximum absolute atomic E-state index is 13.4. The van der Waals surface area contributed by atoms with Crippen LogP contribution in [0.15, 0.2) is 35.4 Å². The Kier molecular flexibility index (Phi) is 5.25. The fourth-order valence-corrected chi connectivity index (χ4v) is 4.63. The molecule has 1 aromatic heterocycles. The van der Waals surface area contributed by atoms with Crippen LogP contribution in [0.1, 0.15) is 42.9 Å². The van der Waals surface area contributed by atoms with E-state index in [0.717, 1.165) is 68.8 Å². The predicted octanol–water partition coefficient (Wildman–Crippen LogP) is 3.07. The second kappa shape index (κ2) is 7.80. The molecule has 2 aliphatic rings. The van der Waals surface area contributed by atoms with Gasteiger partial charge in [-0.3, -0.25) is 9.69 Å². The standard InChI is InChI=1S/C21H27FN4O/c1-15-11-17(22)4-5-20(15)25-9-6-18(7-10-25)26-8-2-3-16(13-26)19-12-21(27)24-14-23-19/h4-5,11-12,14,16,18H,2-3,6-10,13H2,1H3,(H,23,24,27).